The van der Waals surface area contributed by atoms with E-state index in [1.807, 2.05) is 60.7 Å². The molecule has 2 rings (SSSR count). The van der Waals surface area contributed by atoms with Crippen LogP contribution in [-0.4, -0.2) is 42.6 Å². The van der Waals surface area contributed by atoms with Crippen LogP contribution in [0.5, 0.6) is 0 Å². The van der Waals surface area contributed by atoms with Crippen LogP contribution < -0.4 is 16.4 Å². The number of carbonyl (C=O) groups is 4. The summed E-state index contributed by atoms with van der Waals surface area (Å²) >= 11 is 0. The zero-order valence-electron chi connectivity index (χ0n) is 19.4. The second kappa shape index (κ2) is 13.6. The number of ether oxygens (including phenoxy) is 2. The Hall–Kier alpha value is -3.88. The van der Waals surface area contributed by atoms with E-state index in [1.54, 1.807) is 13.8 Å². The Morgan fingerprint density at radius 3 is 2.00 bits per heavy atom. The van der Waals surface area contributed by atoms with E-state index in [4.69, 9.17) is 15.2 Å². The van der Waals surface area contributed by atoms with Gasteiger partial charge in [0.05, 0.1) is 12.5 Å². The minimum Gasteiger partial charge on any atom is -0.466 e. The van der Waals surface area contributed by atoms with E-state index in [1.165, 1.54) is 0 Å². The molecule has 2 aromatic rings. The monoisotopic (exact) mass is 469 g/mol. The molecule has 0 spiro atoms. The standard InChI is InChI=1S/C25H31N3O6/c1-3-33-24(31)17(2)14-20(22(26)29)27-23(30)21(15-18-10-6-4-7-11-18)28-25(32)34-16-19-12-8-5-9-13-19/h4-13,17,20-21H,3,14-16H2,1-2H3,(H2,26,29)(H,27,30)(H,28,32)/t17-,20-,21+/m1/s1. The zero-order chi connectivity index (χ0) is 24.9. The summed E-state index contributed by atoms with van der Waals surface area (Å²) < 4.78 is 10.2. The van der Waals surface area contributed by atoms with Gasteiger partial charge in [0.2, 0.25) is 11.8 Å². The molecule has 9 nitrogen and oxygen atoms in total. The molecule has 0 aliphatic carbocycles. The number of nitrogens with one attached hydrogen (secondary N) is 2. The van der Waals surface area contributed by atoms with E-state index in [-0.39, 0.29) is 26.1 Å². The Morgan fingerprint density at radius 1 is 0.853 bits per heavy atom. The van der Waals surface area contributed by atoms with Gasteiger partial charge in [-0.05, 0) is 24.5 Å². The van der Waals surface area contributed by atoms with Crippen molar-refractivity contribution in [3.8, 4) is 0 Å². The lowest BCUT2D eigenvalue weighted by atomic mass is 10.00. The molecule has 0 saturated carbocycles. The lowest BCUT2D eigenvalue weighted by Crippen LogP contribution is -2.54. The molecule has 182 valence electrons. The van der Waals surface area contributed by atoms with Gasteiger partial charge >= 0.3 is 12.1 Å². The summed E-state index contributed by atoms with van der Waals surface area (Å²) in [5.74, 6) is -2.57. The van der Waals surface area contributed by atoms with Crippen LogP contribution in [0.2, 0.25) is 0 Å². The lowest BCUT2D eigenvalue weighted by Gasteiger charge is -2.23. The van der Waals surface area contributed by atoms with Crippen LogP contribution in [0.1, 0.15) is 31.4 Å². The highest BCUT2D eigenvalue weighted by atomic mass is 16.5. The summed E-state index contributed by atoms with van der Waals surface area (Å²) in [4.78, 5) is 49.4. The van der Waals surface area contributed by atoms with Crippen LogP contribution in [0.4, 0.5) is 4.79 Å². The molecule has 34 heavy (non-hydrogen) atoms. The van der Waals surface area contributed by atoms with Crippen molar-refractivity contribution in [2.75, 3.05) is 6.61 Å². The number of carbonyl (C=O) groups excluding carboxylic acids is 4. The van der Waals surface area contributed by atoms with Crippen molar-refractivity contribution in [1.82, 2.24) is 10.6 Å². The fourth-order valence-electron chi connectivity index (χ4n) is 3.22. The Balaban J connectivity index is 2.08. The molecular formula is C25H31N3O6. The molecule has 3 amide bonds. The molecule has 0 aliphatic heterocycles. The van der Waals surface area contributed by atoms with E-state index < -0.39 is 41.9 Å². The highest BCUT2D eigenvalue weighted by Gasteiger charge is 2.29. The van der Waals surface area contributed by atoms with Gasteiger partial charge in [0, 0.05) is 6.42 Å². The van der Waals surface area contributed by atoms with Crippen LogP contribution in [-0.2, 0) is 36.9 Å². The Kier molecular flexibility index (Phi) is 10.6. The zero-order valence-corrected chi connectivity index (χ0v) is 19.4. The number of alkyl carbamates (subject to hydrolysis) is 1. The van der Waals surface area contributed by atoms with Crippen molar-refractivity contribution >= 4 is 23.9 Å². The summed E-state index contributed by atoms with van der Waals surface area (Å²) in [6.45, 7) is 3.49. The van der Waals surface area contributed by atoms with Crippen LogP contribution in [0.15, 0.2) is 60.7 Å². The minimum atomic E-state index is -1.12. The van der Waals surface area contributed by atoms with Crippen molar-refractivity contribution in [1.29, 1.82) is 0 Å². The summed E-state index contributed by atoms with van der Waals surface area (Å²) in [7, 11) is 0. The van der Waals surface area contributed by atoms with Gasteiger partial charge in [0.15, 0.2) is 0 Å². The second-order valence-corrected chi connectivity index (χ2v) is 7.80. The van der Waals surface area contributed by atoms with Crippen molar-refractivity contribution in [2.45, 2.75) is 45.4 Å². The molecule has 0 saturated heterocycles. The quantitative estimate of drug-likeness (QED) is 0.407. The number of rotatable bonds is 12. The van der Waals surface area contributed by atoms with E-state index in [0.717, 1.165) is 11.1 Å². The van der Waals surface area contributed by atoms with Gasteiger partial charge in [-0.25, -0.2) is 4.79 Å². The lowest BCUT2D eigenvalue weighted by molar-refractivity contribution is -0.148. The Labute approximate surface area is 199 Å². The molecule has 0 fully saturated rings. The largest absolute Gasteiger partial charge is 0.466 e. The normalized spacial score (nSPS) is 13.1. The third-order valence-corrected chi connectivity index (χ3v) is 5.04. The van der Waals surface area contributed by atoms with Crippen molar-refractivity contribution in [3.63, 3.8) is 0 Å². The van der Waals surface area contributed by atoms with Crippen molar-refractivity contribution in [2.24, 2.45) is 11.7 Å². The number of amides is 3. The molecule has 0 unspecified atom stereocenters. The summed E-state index contributed by atoms with van der Waals surface area (Å²) in [6, 6.07) is 16.0. The fourth-order valence-corrected chi connectivity index (χ4v) is 3.22. The van der Waals surface area contributed by atoms with Gasteiger partial charge in [0.1, 0.15) is 18.7 Å². The van der Waals surface area contributed by atoms with Gasteiger partial charge in [-0.2, -0.15) is 0 Å². The highest BCUT2D eigenvalue weighted by Crippen LogP contribution is 2.10. The molecule has 0 heterocycles. The van der Waals surface area contributed by atoms with E-state index in [9.17, 15) is 19.2 Å². The maximum atomic E-state index is 13.0. The number of benzene rings is 2. The Morgan fingerprint density at radius 2 is 1.44 bits per heavy atom. The average Bonchev–Trinajstić information content (AvgIpc) is 2.83. The highest BCUT2D eigenvalue weighted by molar-refractivity contribution is 5.91. The molecule has 0 aromatic heterocycles. The van der Waals surface area contributed by atoms with Crippen LogP contribution in [0, 0.1) is 5.92 Å². The predicted molar refractivity (Wildman–Crippen MR) is 125 cm³/mol. The summed E-state index contributed by atoms with van der Waals surface area (Å²) in [5, 5.41) is 5.11. The first kappa shape index (κ1) is 26.4. The molecule has 9 heteroatoms. The van der Waals surface area contributed by atoms with Gasteiger partial charge in [-0.15, -0.1) is 0 Å². The van der Waals surface area contributed by atoms with Crippen molar-refractivity contribution in [3.05, 3.63) is 71.8 Å². The first-order chi connectivity index (χ1) is 16.3. The average molecular weight is 470 g/mol. The van der Waals surface area contributed by atoms with E-state index >= 15 is 0 Å². The molecule has 3 atom stereocenters. The number of nitrogens with two attached hydrogens (primary N) is 1. The molecule has 0 aliphatic rings. The second-order valence-electron chi connectivity index (χ2n) is 7.80. The van der Waals surface area contributed by atoms with Gasteiger partial charge in [0.25, 0.3) is 0 Å². The molecule has 0 bridgehead atoms. The molecule has 2 aromatic carbocycles. The minimum absolute atomic E-state index is 0.0313. The van der Waals surface area contributed by atoms with Crippen molar-refractivity contribution < 1.29 is 28.7 Å². The first-order valence-corrected chi connectivity index (χ1v) is 11.1. The van der Waals surface area contributed by atoms with Crippen LogP contribution >= 0.6 is 0 Å². The van der Waals surface area contributed by atoms with Crippen LogP contribution in [0.25, 0.3) is 0 Å². The predicted octanol–water partition coefficient (Wildman–Crippen LogP) is 2.08. The maximum absolute atomic E-state index is 13.0. The SMILES string of the molecule is CCOC(=O)[C@H](C)C[C@@H](NC(=O)[C@H](Cc1ccccc1)NC(=O)OCc1ccccc1)C(N)=O. The number of hydrogen-bond acceptors (Lipinski definition) is 6. The number of hydrogen-bond donors (Lipinski definition) is 3. The topological polar surface area (TPSA) is 137 Å². The Bertz CT molecular complexity index is 952. The molecule has 0 radical (unpaired) electrons. The summed E-state index contributed by atoms with van der Waals surface area (Å²) in [5.41, 5.74) is 7.04. The van der Waals surface area contributed by atoms with Crippen LogP contribution in [0.3, 0.4) is 0 Å². The van der Waals surface area contributed by atoms with E-state index in [2.05, 4.69) is 10.6 Å². The number of primary amides is 1. The third kappa shape index (κ3) is 8.93. The molecule has 4 N–H and O–H groups in total. The fraction of sp³-hybridized carbons (Fsp3) is 0.360. The molecular weight excluding hydrogens is 438 g/mol. The van der Waals surface area contributed by atoms with Gasteiger partial charge in [-0.3, -0.25) is 14.4 Å². The first-order valence-electron chi connectivity index (χ1n) is 11.1. The third-order valence-electron chi connectivity index (χ3n) is 5.04. The maximum Gasteiger partial charge on any atom is 0.408 e. The smallest absolute Gasteiger partial charge is 0.408 e. The van der Waals surface area contributed by atoms with Gasteiger partial charge in [-0.1, -0.05) is 67.6 Å². The van der Waals surface area contributed by atoms with E-state index in [0.29, 0.717) is 0 Å². The summed E-state index contributed by atoms with van der Waals surface area (Å²) in [6.07, 6.45) is -0.655. The number of esters is 1. The van der Waals surface area contributed by atoms with Gasteiger partial charge < -0.3 is 25.8 Å².